The van der Waals surface area contributed by atoms with Crippen LogP contribution in [0.1, 0.15) is 48.8 Å². The molecule has 6 heteroatoms. The van der Waals surface area contributed by atoms with Gasteiger partial charge in [-0.05, 0) is 26.7 Å². The van der Waals surface area contributed by atoms with Crippen LogP contribution in [-0.4, -0.2) is 19.7 Å². The van der Waals surface area contributed by atoms with E-state index in [2.05, 4.69) is 15.1 Å². The lowest BCUT2D eigenvalue weighted by Gasteiger charge is -2.07. The van der Waals surface area contributed by atoms with Crippen LogP contribution in [0.15, 0.2) is 10.9 Å². The van der Waals surface area contributed by atoms with Crippen molar-refractivity contribution in [2.45, 2.75) is 45.4 Å². The molecule has 0 amide bonds. The molecular formula is C14H19N5O. The first-order valence-corrected chi connectivity index (χ1v) is 6.99. The Kier molecular flexibility index (Phi) is 3.08. The van der Waals surface area contributed by atoms with Crippen LogP contribution in [0.4, 0.5) is 5.69 Å². The molecule has 2 heterocycles. The number of nitrogens with zero attached hydrogens (tertiary/aromatic N) is 3. The van der Waals surface area contributed by atoms with Gasteiger partial charge in [0.15, 0.2) is 5.82 Å². The molecule has 2 aromatic heterocycles. The molecule has 0 bridgehead atoms. The number of nitrogen functional groups attached to an aromatic ring is 1. The zero-order valence-corrected chi connectivity index (χ0v) is 11.8. The number of anilines is 1. The average molecular weight is 273 g/mol. The second kappa shape index (κ2) is 4.77. The largest absolute Gasteiger partial charge is 0.393 e. The molecule has 1 aliphatic rings. The molecule has 2 aromatic rings. The minimum Gasteiger partial charge on any atom is -0.393 e. The van der Waals surface area contributed by atoms with Gasteiger partial charge in [-0.2, -0.15) is 4.68 Å². The molecule has 0 aromatic carbocycles. The molecule has 1 saturated carbocycles. The van der Waals surface area contributed by atoms with Crippen LogP contribution in [0.25, 0.3) is 5.82 Å². The summed E-state index contributed by atoms with van der Waals surface area (Å²) in [5, 5.41) is 3.15. The summed E-state index contributed by atoms with van der Waals surface area (Å²) >= 11 is 0. The Hall–Kier alpha value is -2.11. The second-order valence-corrected chi connectivity index (χ2v) is 5.48. The predicted molar refractivity (Wildman–Crippen MR) is 77.1 cm³/mol. The minimum atomic E-state index is -0.218. The SMILES string of the molecule is Cc1cc(-n2[nH]c(C3CCCC3)c(N)c2=O)nc(C)n1. The van der Waals surface area contributed by atoms with Gasteiger partial charge in [-0.3, -0.25) is 9.89 Å². The highest BCUT2D eigenvalue weighted by Crippen LogP contribution is 2.34. The smallest absolute Gasteiger partial charge is 0.296 e. The van der Waals surface area contributed by atoms with E-state index in [1.165, 1.54) is 17.5 Å². The van der Waals surface area contributed by atoms with Gasteiger partial charge in [0.2, 0.25) is 0 Å². The molecule has 0 unspecified atom stereocenters. The molecular weight excluding hydrogens is 254 g/mol. The van der Waals surface area contributed by atoms with E-state index in [1.54, 1.807) is 6.07 Å². The summed E-state index contributed by atoms with van der Waals surface area (Å²) in [6, 6.07) is 1.78. The van der Waals surface area contributed by atoms with Crippen molar-refractivity contribution in [1.29, 1.82) is 0 Å². The topological polar surface area (TPSA) is 89.6 Å². The Morgan fingerprint density at radius 2 is 2.00 bits per heavy atom. The van der Waals surface area contributed by atoms with Crippen LogP contribution in [0.3, 0.4) is 0 Å². The zero-order chi connectivity index (χ0) is 14.3. The third kappa shape index (κ3) is 2.11. The molecule has 6 nitrogen and oxygen atoms in total. The molecule has 1 aliphatic carbocycles. The van der Waals surface area contributed by atoms with Crippen LogP contribution in [0, 0.1) is 13.8 Å². The average Bonchev–Trinajstić information content (AvgIpc) is 2.99. The monoisotopic (exact) mass is 273 g/mol. The van der Waals surface area contributed by atoms with Gasteiger partial charge in [0.25, 0.3) is 5.56 Å². The Morgan fingerprint density at radius 1 is 1.30 bits per heavy atom. The van der Waals surface area contributed by atoms with E-state index < -0.39 is 0 Å². The van der Waals surface area contributed by atoms with E-state index >= 15 is 0 Å². The van der Waals surface area contributed by atoms with Crippen LogP contribution in [0.5, 0.6) is 0 Å². The maximum Gasteiger partial charge on any atom is 0.296 e. The normalized spacial score (nSPS) is 15.9. The number of hydrogen-bond donors (Lipinski definition) is 2. The van der Waals surface area contributed by atoms with Crippen molar-refractivity contribution < 1.29 is 0 Å². The number of rotatable bonds is 2. The summed E-state index contributed by atoms with van der Waals surface area (Å²) in [5.74, 6) is 1.56. The number of aromatic amines is 1. The fourth-order valence-electron chi connectivity index (χ4n) is 2.97. The molecule has 3 N–H and O–H groups in total. The summed E-state index contributed by atoms with van der Waals surface area (Å²) in [4.78, 5) is 20.9. The first-order chi connectivity index (χ1) is 9.56. The van der Waals surface area contributed by atoms with Gasteiger partial charge in [-0.15, -0.1) is 0 Å². The van der Waals surface area contributed by atoms with Crippen molar-refractivity contribution in [3.63, 3.8) is 0 Å². The molecule has 0 saturated heterocycles. The highest BCUT2D eigenvalue weighted by molar-refractivity contribution is 5.45. The molecule has 1 fully saturated rings. The maximum absolute atomic E-state index is 12.3. The highest BCUT2D eigenvalue weighted by Gasteiger charge is 2.24. The van der Waals surface area contributed by atoms with E-state index in [4.69, 9.17) is 5.73 Å². The van der Waals surface area contributed by atoms with Gasteiger partial charge in [0, 0.05) is 17.7 Å². The molecule has 0 radical (unpaired) electrons. The van der Waals surface area contributed by atoms with Crippen LogP contribution < -0.4 is 11.3 Å². The van der Waals surface area contributed by atoms with Crippen LogP contribution in [-0.2, 0) is 0 Å². The van der Waals surface area contributed by atoms with Crippen LogP contribution >= 0.6 is 0 Å². The van der Waals surface area contributed by atoms with Crippen molar-refractivity contribution in [3.8, 4) is 5.82 Å². The van der Waals surface area contributed by atoms with E-state index in [0.29, 0.717) is 23.2 Å². The third-order valence-corrected chi connectivity index (χ3v) is 3.90. The van der Waals surface area contributed by atoms with Gasteiger partial charge < -0.3 is 5.73 Å². The number of hydrogen-bond acceptors (Lipinski definition) is 4. The van der Waals surface area contributed by atoms with Crippen molar-refractivity contribution in [2.24, 2.45) is 0 Å². The first kappa shape index (κ1) is 12.9. The van der Waals surface area contributed by atoms with E-state index in [9.17, 15) is 4.79 Å². The van der Waals surface area contributed by atoms with Gasteiger partial charge in [-0.1, -0.05) is 12.8 Å². The number of nitrogens with one attached hydrogen (secondary N) is 1. The summed E-state index contributed by atoms with van der Waals surface area (Å²) in [6.07, 6.45) is 4.57. The Bertz CT molecular complexity index is 674. The lowest BCUT2D eigenvalue weighted by Crippen LogP contribution is -2.18. The predicted octanol–water partition coefficient (Wildman–Crippen LogP) is 1.81. The summed E-state index contributed by atoms with van der Waals surface area (Å²) in [7, 11) is 0. The highest BCUT2D eigenvalue weighted by atomic mass is 16.1. The molecule has 3 rings (SSSR count). The molecule has 0 atom stereocenters. The zero-order valence-electron chi connectivity index (χ0n) is 11.8. The van der Waals surface area contributed by atoms with E-state index in [0.717, 1.165) is 24.2 Å². The van der Waals surface area contributed by atoms with Gasteiger partial charge in [0.05, 0.1) is 5.69 Å². The number of aryl methyl sites for hydroxylation is 2. The van der Waals surface area contributed by atoms with Gasteiger partial charge in [-0.25, -0.2) is 9.97 Å². The molecule has 106 valence electrons. The van der Waals surface area contributed by atoms with Crippen molar-refractivity contribution in [1.82, 2.24) is 19.7 Å². The Labute approximate surface area is 117 Å². The third-order valence-electron chi connectivity index (χ3n) is 3.90. The number of aromatic nitrogens is 4. The van der Waals surface area contributed by atoms with Crippen molar-refractivity contribution >= 4 is 5.69 Å². The lowest BCUT2D eigenvalue weighted by molar-refractivity contribution is 0.673. The summed E-state index contributed by atoms with van der Waals surface area (Å²) in [5.41, 5.74) is 7.79. The molecule has 20 heavy (non-hydrogen) atoms. The Morgan fingerprint density at radius 3 is 2.65 bits per heavy atom. The molecule has 0 spiro atoms. The summed E-state index contributed by atoms with van der Waals surface area (Å²) in [6.45, 7) is 3.69. The number of nitrogens with two attached hydrogens (primary N) is 1. The maximum atomic E-state index is 12.3. The second-order valence-electron chi connectivity index (χ2n) is 5.48. The van der Waals surface area contributed by atoms with E-state index in [-0.39, 0.29) is 5.56 Å². The quantitative estimate of drug-likeness (QED) is 0.873. The number of H-pyrrole nitrogens is 1. The molecule has 0 aliphatic heterocycles. The van der Waals surface area contributed by atoms with Crippen molar-refractivity contribution in [2.75, 3.05) is 5.73 Å². The van der Waals surface area contributed by atoms with Gasteiger partial charge >= 0.3 is 0 Å². The minimum absolute atomic E-state index is 0.218. The summed E-state index contributed by atoms with van der Waals surface area (Å²) < 4.78 is 1.44. The fraction of sp³-hybridized carbons (Fsp3) is 0.500. The Balaban J connectivity index is 2.10. The fourth-order valence-corrected chi connectivity index (χ4v) is 2.97. The van der Waals surface area contributed by atoms with Crippen LogP contribution in [0.2, 0.25) is 0 Å². The van der Waals surface area contributed by atoms with Crippen molar-refractivity contribution in [3.05, 3.63) is 33.6 Å². The van der Waals surface area contributed by atoms with E-state index in [1.807, 2.05) is 13.8 Å². The standard InChI is InChI=1S/C14H19N5O/c1-8-7-11(17-9(2)16-8)19-14(20)12(15)13(18-19)10-5-3-4-6-10/h7,10,18H,3-6,15H2,1-2H3. The first-order valence-electron chi connectivity index (χ1n) is 6.99. The lowest BCUT2D eigenvalue weighted by atomic mass is 10.0. The van der Waals surface area contributed by atoms with Gasteiger partial charge in [0.1, 0.15) is 11.5 Å².